The molecule has 9 heteroatoms. The van der Waals surface area contributed by atoms with Crippen LogP contribution in [0.5, 0.6) is 11.5 Å². The number of nitrogens with one attached hydrogen (secondary N) is 3. The zero-order valence-electron chi connectivity index (χ0n) is 23.8. The van der Waals surface area contributed by atoms with Crippen LogP contribution in [-0.2, 0) is 21.4 Å². The second kappa shape index (κ2) is 13.1. The van der Waals surface area contributed by atoms with Crippen molar-refractivity contribution in [3.05, 3.63) is 84.4 Å². The summed E-state index contributed by atoms with van der Waals surface area (Å²) in [6.45, 7) is 3.03. The lowest BCUT2D eigenvalue weighted by Crippen LogP contribution is -2.53. The summed E-state index contributed by atoms with van der Waals surface area (Å²) in [4.78, 5) is 15.7. The van der Waals surface area contributed by atoms with E-state index in [1.54, 1.807) is 24.3 Å². The molecule has 3 unspecified atom stereocenters. The van der Waals surface area contributed by atoms with E-state index in [4.69, 9.17) is 4.74 Å². The van der Waals surface area contributed by atoms with Gasteiger partial charge in [-0.05, 0) is 86.2 Å². The van der Waals surface area contributed by atoms with Crippen molar-refractivity contribution in [1.82, 2.24) is 10.2 Å². The first-order chi connectivity index (χ1) is 19.8. The molecular weight excluding hydrogens is 536 g/mol. The van der Waals surface area contributed by atoms with Gasteiger partial charge in [0.1, 0.15) is 11.5 Å². The smallest absolute Gasteiger partial charge is 0.241 e. The third-order valence-electron chi connectivity index (χ3n) is 7.94. The summed E-state index contributed by atoms with van der Waals surface area (Å²) in [6, 6.07) is 25.9. The maximum Gasteiger partial charge on any atom is 0.241 e. The van der Waals surface area contributed by atoms with Crippen molar-refractivity contribution in [2.24, 2.45) is 0 Å². The van der Waals surface area contributed by atoms with Gasteiger partial charge in [-0.25, -0.2) is 8.42 Å². The first-order valence-electron chi connectivity index (χ1n) is 14.5. The summed E-state index contributed by atoms with van der Waals surface area (Å²) < 4.78 is 31.2. The number of para-hydroxylation sites is 1. The van der Waals surface area contributed by atoms with Gasteiger partial charge in [0.2, 0.25) is 15.9 Å². The highest BCUT2D eigenvalue weighted by Crippen LogP contribution is 2.37. The van der Waals surface area contributed by atoms with E-state index in [2.05, 4.69) is 39.3 Å². The zero-order chi connectivity index (χ0) is 28.8. The number of piperidine rings is 1. The van der Waals surface area contributed by atoms with E-state index in [1.807, 2.05) is 42.5 Å². The molecular formula is C32H40N4O4S. The van der Waals surface area contributed by atoms with Crippen LogP contribution < -0.4 is 20.1 Å². The maximum absolute atomic E-state index is 13.0. The Kier molecular flexibility index (Phi) is 9.27. The summed E-state index contributed by atoms with van der Waals surface area (Å²) in [7, 11) is -3.31. The van der Waals surface area contributed by atoms with Crippen molar-refractivity contribution in [2.45, 2.75) is 76.2 Å². The van der Waals surface area contributed by atoms with Crippen molar-refractivity contribution in [3.8, 4) is 11.5 Å². The van der Waals surface area contributed by atoms with E-state index in [9.17, 15) is 13.2 Å². The van der Waals surface area contributed by atoms with Crippen LogP contribution in [0.1, 0.15) is 51.0 Å². The number of carbonyl (C=O) groups is 1. The van der Waals surface area contributed by atoms with Gasteiger partial charge in [0, 0.05) is 36.0 Å². The van der Waals surface area contributed by atoms with Gasteiger partial charge in [-0.3, -0.25) is 14.4 Å². The summed E-state index contributed by atoms with van der Waals surface area (Å²) in [5.74, 6) is 1.43. The molecule has 3 aromatic rings. The lowest BCUT2D eigenvalue weighted by atomic mass is 9.95. The van der Waals surface area contributed by atoms with Gasteiger partial charge < -0.3 is 15.4 Å². The minimum absolute atomic E-state index is 0.0525. The molecule has 218 valence electrons. The van der Waals surface area contributed by atoms with Crippen LogP contribution in [0.25, 0.3) is 0 Å². The van der Waals surface area contributed by atoms with Crippen molar-refractivity contribution >= 4 is 27.3 Å². The molecule has 0 aliphatic carbocycles. The summed E-state index contributed by atoms with van der Waals surface area (Å²) in [6.07, 6.45) is 7.41. The molecule has 0 spiro atoms. The summed E-state index contributed by atoms with van der Waals surface area (Å²) in [5, 5.41) is 6.80. The fraction of sp³-hybridized carbons (Fsp3) is 0.406. The van der Waals surface area contributed by atoms with E-state index in [0.717, 1.165) is 49.9 Å². The average molecular weight is 577 g/mol. The fourth-order valence-electron chi connectivity index (χ4n) is 6.10. The van der Waals surface area contributed by atoms with E-state index >= 15 is 0 Å². The number of ether oxygens (including phenoxy) is 1. The lowest BCUT2D eigenvalue weighted by Gasteiger charge is -2.40. The number of carbonyl (C=O) groups excluding carboxylic acids is 1. The topological polar surface area (TPSA) is 99.8 Å². The van der Waals surface area contributed by atoms with Gasteiger partial charge >= 0.3 is 0 Å². The van der Waals surface area contributed by atoms with Gasteiger partial charge in [-0.2, -0.15) is 0 Å². The van der Waals surface area contributed by atoms with Crippen LogP contribution in [-0.4, -0.2) is 49.6 Å². The second-order valence-electron chi connectivity index (χ2n) is 11.2. The standard InChI is InChI=1S/C32H40N4O4S/c1-3-7-31(32(37)34-24-8-5-4-6-9-24)33-26-20-27-14-15-28(21-26)36(27)22-23-10-16-29(17-11-23)40-30-18-12-25(13-19-30)35-41(2,38)39/h4-6,8-13,16-19,26-28,31,33,35H,3,7,14-15,20-22H2,1-2H3,(H,34,37). The molecule has 8 nitrogen and oxygen atoms in total. The van der Waals surface area contributed by atoms with Gasteiger partial charge in [0.25, 0.3) is 0 Å². The summed E-state index contributed by atoms with van der Waals surface area (Å²) in [5.41, 5.74) is 2.59. The van der Waals surface area contributed by atoms with Crippen LogP contribution in [0.4, 0.5) is 11.4 Å². The quantitative estimate of drug-likeness (QED) is 0.254. The van der Waals surface area contributed by atoms with E-state index in [-0.39, 0.29) is 11.9 Å². The second-order valence-corrected chi connectivity index (χ2v) is 13.0. The van der Waals surface area contributed by atoms with Crippen LogP contribution in [0, 0.1) is 0 Å². The highest BCUT2D eigenvalue weighted by atomic mass is 32.2. The minimum Gasteiger partial charge on any atom is -0.457 e. The Morgan fingerprint density at radius 3 is 2.10 bits per heavy atom. The molecule has 2 saturated heterocycles. The number of benzene rings is 3. The lowest BCUT2D eigenvalue weighted by molar-refractivity contribution is -0.118. The Morgan fingerprint density at radius 2 is 1.51 bits per heavy atom. The Morgan fingerprint density at radius 1 is 0.902 bits per heavy atom. The average Bonchev–Trinajstić information content (AvgIpc) is 3.17. The van der Waals surface area contributed by atoms with Crippen molar-refractivity contribution in [2.75, 3.05) is 16.3 Å². The number of rotatable bonds is 12. The van der Waals surface area contributed by atoms with Gasteiger partial charge in [0.15, 0.2) is 0 Å². The Hall–Kier alpha value is -3.40. The van der Waals surface area contributed by atoms with E-state index in [1.165, 1.54) is 18.4 Å². The minimum atomic E-state index is -3.31. The molecule has 2 heterocycles. The first kappa shape index (κ1) is 29.1. The molecule has 2 aliphatic rings. The molecule has 0 radical (unpaired) electrons. The van der Waals surface area contributed by atoms with E-state index < -0.39 is 10.0 Å². The third kappa shape index (κ3) is 8.09. The third-order valence-corrected chi connectivity index (χ3v) is 8.54. The Balaban J connectivity index is 1.14. The number of fused-ring (bicyclic) bond motifs is 2. The molecule has 2 fully saturated rings. The van der Waals surface area contributed by atoms with Crippen molar-refractivity contribution in [1.29, 1.82) is 0 Å². The molecule has 2 bridgehead atoms. The monoisotopic (exact) mass is 576 g/mol. The largest absolute Gasteiger partial charge is 0.457 e. The maximum atomic E-state index is 13.0. The molecule has 5 rings (SSSR count). The number of nitrogens with zero attached hydrogens (tertiary/aromatic N) is 1. The molecule has 0 saturated carbocycles. The predicted octanol–water partition coefficient (Wildman–Crippen LogP) is 5.74. The van der Waals surface area contributed by atoms with Gasteiger partial charge in [-0.15, -0.1) is 0 Å². The van der Waals surface area contributed by atoms with Crippen LogP contribution in [0.15, 0.2) is 78.9 Å². The summed E-state index contributed by atoms with van der Waals surface area (Å²) >= 11 is 0. The van der Waals surface area contributed by atoms with E-state index in [0.29, 0.717) is 29.6 Å². The molecule has 3 aromatic carbocycles. The number of amides is 1. The van der Waals surface area contributed by atoms with Crippen molar-refractivity contribution in [3.63, 3.8) is 0 Å². The highest BCUT2D eigenvalue weighted by molar-refractivity contribution is 7.92. The van der Waals surface area contributed by atoms with Gasteiger partial charge in [0.05, 0.1) is 12.3 Å². The number of anilines is 2. The molecule has 2 aliphatic heterocycles. The molecule has 0 aromatic heterocycles. The fourth-order valence-corrected chi connectivity index (χ4v) is 6.66. The first-order valence-corrected chi connectivity index (χ1v) is 16.4. The predicted molar refractivity (Wildman–Crippen MR) is 164 cm³/mol. The normalized spacial score (nSPS) is 21.3. The Labute approximate surface area is 243 Å². The van der Waals surface area contributed by atoms with Crippen molar-refractivity contribution < 1.29 is 17.9 Å². The SMILES string of the molecule is CCCC(NC1CC2CCC(C1)N2Cc1ccc(Oc2ccc(NS(C)(=O)=O)cc2)cc1)C(=O)Nc1ccccc1. The van der Waals surface area contributed by atoms with Crippen LogP contribution in [0.3, 0.4) is 0 Å². The van der Waals surface area contributed by atoms with Crippen LogP contribution >= 0.6 is 0 Å². The van der Waals surface area contributed by atoms with Crippen LogP contribution in [0.2, 0.25) is 0 Å². The highest BCUT2D eigenvalue weighted by Gasteiger charge is 2.41. The number of hydrogen-bond acceptors (Lipinski definition) is 6. The molecule has 1 amide bonds. The zero-order valence-corrected chi connectivity index (χ0v) is 24.6. The number of sulfonamides is 1. The van der Waals surface area contributed by atoms with Gasteiger partial charge in [-0.1, -0.05) is 43.7 Å². The molecule has 3 atom stereocenters. The molecule has 41 heavy (non-hydrogen) atoms. The molecule has 3 N–H and O–H groups in total. The Bertz CT molecular complexity index is 1380. The number of hydrogen-bond donors (Lipinski definition) is 3.